The third-order valence-corrected chi connectivity index (χ3v) is 4.12. The van der Waals surface area contributed by atoms with Crippen molar-refractivity contribution in [1.82, 2.24) is 14.8 Å². The molecule has 2 aliphatic heterocycles. The second kappa shape index (κ2) is 4.70. The number of nitrogens with two attached hydrogens (primary N) is 1. The van der Waals surface area contributed by atoms with Gasteiger partial charge in [0, 0.05) is 37.9 Å². The van der Waals surface area contributed by atoms with E-state index in [1.165, 1.54) is 0 Å². The molecular formula is C13H18N4O2. The number of piperazine rings is 1. The molecule has 0 spiro atoms. The van der Waals surface area contributed by atoms with E-state index < -0.39 is 6.09 Å². The maximum absolute atomic E-state index is 11.1. The number of fused-ring (bicyclic) bond motifs is 2. The lowest BCUT2D eigenvalue weighted by Gasteiger charge is -2.39. The van der Waals surface area contributed by atoms with Gasteiger partial charge in [0.05, 0.1) is 0 Å². The number of rotatable bonds is 2. The van der Waals surface area contributed by atoms with E-state index in [0.29, 0.717) is 31.0 Å². The van der Waals surface area contributed by atoms with Gasteiger partial charge in [-0.1, -0.05) is 6.07 Å². The zero-order chi connectivity index (χ0) is 13.4. The molecule has 2 aliphatic rings. The summed E-state index contributed by atoms with van der Waals surface area (Å²) in [6.07, 6.45) is 3.16. The number of nitrogens with zero attached hydrogens (tertiary/aromatic N) is 3. The van der Waals surface area contributed by atoms with Crippen molar-refractivity contribution < 1.29 is 9.90 Å². The van der Waals surface area contributed by atoms with Crippen LogP contribution in [0.15, 0.2) is 18.3 Å². The van der Waals surface area contributed by atoms with Crippen molar-refractivity contribution in [3.63, 3.8) is 0 Å². The molecule has 0 aromatic carbocycles. The van der Waals surface area contributed by atoms with E-state index in [-0.39, 0.29) is 0 Å². The highest BCUT2D eigenvalue weighted by Gasteiger charge is 2.41. The number of carboxylic acid groups (broad SMARTS) is 1. The Morgan fingerprint density at radius 1 is 1.37 bits per heavy atom. The number of hydrogen-bond acceptors (Lipinski definition) is 4. The molecule has 2 fully saturated rings. The van der Waals surface area contributed by atoms with Crippen molar-refractivity contribution >= 4 is 11.9 Å². The standard InChI is InChI=1S/C13H18N4O2/c14-12-4-1-9(5-15-12)6-17-10-2-3-11(17)8-16(7-10)13(18)19/h1,4-5,10-11H,2-3,6-8H2,(H2,14,15)(H,18,19). The normalized spacial score (nSPS) is 26.6. The first kappa shape index (κ1) is 12.2. The van der Waals surface area contributed by atoms with Gasteiger partial charge in [-0.2, -0.15) is 0 Å². The van der Waals surface area contributed by atoms with Gasteiger partial charge in [0.15, 0.2) is 0 Å². The number of nitrogen functional groups attached to an aromatic ring is 1. The van der Waals surface area contributed by atoms with Crippen LogP contribution < -0.4 is 5.73 Å². The molecule has 3 rings (SSSR count). The van der Waals surface area contributed by atoms with Crippen molar-refractivity contribution in [2.24, 2.45) is 0 Å². The highest BCUT2D eigenvalue weighted by molar-refractivity contribution is 5.65. The van der Waals surface area contributed by atoms with Gasteiger partial charge in [0.2, 0.25) is 0 Å². The minimum absolute atomic E-state index is 0.340. The molecule has 1 aromatic heterocycles. The van der Waals surface area contributed by atoms with Gasteiger partial charge in [-0.3, -0.25) is 4.90 Å². The van der Waals surface area contributed by atoms with Gasteiger partial charge < -0.3 is 15.7 Å². The van der Waals surface area contributed by atoms with Crippen LogP contribution in [0.4, 0.5) is 10.6 Å². The Morgan fingerprint density at radius 2 is 2.05 bits per heavy atom. The van der Waals surface area contributed by atoms with E-state index in [2.05, 4.69) is 9.88 Å². The number of amides is 1. The fourth-order valence-electron chi connectivity index (χ4n) is 3.14. The summed E-state index contributed by atoms with van der Waals surface area (Å²) < 4.78 is 0. The molecule has 2 saturated heterocycles. The fourth-order valence-corrected chi connectivity index (χ4v) is 3.14. The molecule has 3 heterocycles. The molecule has 2 bridgehead atoms. The Kier molecular flexibility index (Phi) is 3.02. The molecule has 0 saturated carbocycles. The van der Waals surface area contributed by atoms with Crippen LogP contribution in [0, 0.1) is 0 Å². The lowest BCUT2D eigenvalue weighted by Crippen LogP contribution is -2.54. The van der Waals surface area contributed by atoms with Gasteiger partial charge in [-0.05, 0) is 24.5 Å². The monoisotopic (exact) mass is 262 g/mol. The quantitative estimate of drug-likeness (QED) is 0.830. The predicted molar refractivity (Wildman–Crippen MR) is 70.6 cm³/mol. The first-order valence-electron chi connectivity index (χ1n) is 6.57. The Balaban J connectivity index is 1.70. The van der Waals surface area contributed by atoms with Crippen molar-refractivity contribution in [2.45, 2.75) is 31.5 Å². The molecule has 3 N–H and O–H groups in total. The highest BCUT2D eigenvalue weighted by atomic mass is 16.4. The summed E-state index contributed by atoms with van der Waals surface area (Å²) in [6, 6.07) is 4.48. The maximum Gasteiger partial charge on any atom is 0.407 e. The minimum atomic E-state index is -0.800. The summed E-state index contributed by atoms with van der Waals surface area (Å²) in [5.41, 5.74) is 6.72. The van der Waals surface area contributed by atoms with Crippen LogP contribution in [-0.4, -0.2) is 51.2 Å². The molecular weight excluding hydrogens is 244 g/mol. The summed E-state index contributed by atoms with van der Waals surface area (Å²) in [4.78, 5) is 19.1. The number of pyridine rings is 1. The smallest absolute Gasteiger partial charge is 0.407 e. The Labute approximate surface area is 111 Å². The van der Waals surface area contributed by atoms with Crippen molar-refractivity contribution in [2.75, 3.05) is 18.8 Å². The van der Waals surface area contributed by atoms with Crippen molar-refractivity contribution in [3.05, 3.63) is 23.9 Å². The highest BCUT2D eigenvalue weighted by Crippen LogP contribution is 2.31. The Hall–Kier alpha value is -1.82. The van der Waals surface area contributed by atoms with E-state index in [1.54, 1.807) is 11.1 Å². The molecule has 0 radical (unpaired) electrons. The zero-order valence-electron chi connectivity index (χ0n) is 10.7. The molecule has 6 heteroatoms. The number of aromatic nitrogens is 1. The molecule has 0 aliphatic carbocycles. The second-order valence-corrected chi connectivity index (χ2v) is 5.34. The Bertz CT molecular complexity index is 462. The summed E-state index contributed by atoms with van der Waals surface area (Å²) >= 11 is 0. The summed E-state index contributed by atoms with van der Waals surface area (Å²) in [6.45, 7) is 2.07. The van der Waals surface area contributed by atoms with Gasteiger partial charge in [0.1, 0.15) is 5.82 Å². The van der Waals surface area contributed by atoms with Gasteiger partial charge in [-0.25, -0.2) is 9.78 Å². The van der Waals surface area contributed by atoms with E-state index in [1.807, 2.05) is 12.1 Å². The maximum atomic E-state index is 11.1. The largest absolute Gasteiger partial charge is 0.465 e. The average Bonchev–Trinajstić information content (AvgIpc) is 2.62. The van der Waals surface area contributed by atoms with Crippen LogP contribution in [0.2, 0.25) is 0 Å². The number of anilines is 1. The number of hydrogen-bond donors (Lipinski definition) is 2. The first-order chi connectivity index (χ1) is 9.13. The van der Waals surface area contributed by atoms with E-state index in [4.69, 9.17) is 10.8 Å². The van der Waals surface area contributed by atoms with E-state index in [9.17, 15) is 4.79 Å². The molecule has 1 amide bonds. The summed E-state index contributed by atoms with van der Waals surface area (Å²) in [5, 5.41) is 9.09. The van der Waals surface area contributed by atoms with Crippen LogP contribution >= 0.6 is 0 Å². The summed E-state index contributed by atoms with van der Waals surface area (Å²) in [5.74, 6) is 0.530. The first-order valence-corrected chi connectivity index (χ1v) is 6.57. The molecule has 6 nitrogen and oxygen atoms in total. The van der Waals surface area contributed by atoms with Crippen molar-refractivity contribution in [3.8, 4) is 0 Å². The molecule has 19 heavy (non-hydrogen) atoms. The van der Waals surface area contributed by atoms with E-state index in [0.717, 1.165) is 24.9 Å². The molecule has 102 valence electrons. The zero-order valence-corrected chi connectivity index (χ0v) is 10.7. The second-order valence-electron chi connectivity index (χ2n) is 5.34. The van der Waals surface area contributed by atoms with Crippen LogP contribution in [0.1, 0.15) is 18.4 Å². The average molecular weight is 262 g/mol. The van der Waals surface area contributed by atoms with Crippen LogP contribution in [0.25, 0.3) is 0 Å². The summed E-state index contributed by atoms with van der Waals surface area (Å²) in [7, 11) is 0. The molecule has 2 atom stereocenters. The van der Waals surface area contributed by atoms with Crippen molar-refractivity contribution in [1.29, 1.82) is 0 Å². The van der Waals surface area contributed by atoms with Gasteiger partial charge in [-0.15, -0.1) is 0 Å². The Morgan fingerprint density at radius 3 is 2.58 bits per heavy atom. The van der Waals surface area contributed by atoms with Crippen LogP contribution in [0.3, 0.4) is 0 Å². The third-order valence-electron chi connectivity index (χ3n) is 4.12. The lowest BCUT2D eigenvalue weighted by atomic mass is 10.1. The van der Waals surface area contributed by atoms with E-state index >= 15 is 0 Å². The predicted octanol–water partition coefficient (Wildman–Crippen LogP) is 0.990. The minimum Gasteiger partial charge on any atom is -0.465 e. The molecule has 2 unspecified atom stereocenters. The lowest BCUT2D eigenvalue weighted by molar-refractivity contribution is 0.0583. The van der Waals surface area contributed by atoms with Crippen LogP contribution in [-0.2, 0) is 6.54 Å². The van der Waals surface area contributed by atoms with Crippen LogP contribution in [0.5, 0.6) is 0 Å². The number of likely N-dealkylation sites (tertiary alicyclic amines) is 1. The third kappa shape index (κ3) is 2.35. The van der Waals surface area contributed by atoms with Gasteiger partial charge in [0.25, 0.3) is 0 Å². The van der Waals surface area contributed by atoms with Gasteiger partial charge >= 0.3 is 6.09 Å². The number of carbonyl (C=O) groups is 1. The molecule has 1 aromatic rings. The topological polar surface area (TPSA) is 82.7 Å². The fraction of sp³-hybridized carbons (Fsp3) is 0.538. The SMILES string of the molecule is Nc1ccc(CN2C3CCC2CN(C(=O)O)C3)cn1.